The second kappa shape index (κ2) is 5.16. The molecular formula is C13H17NO4. The Morgan fingerprint density at radius 2 is 2.06 bits per heavy atom. The fourth-order valence-electron chi connectivity index (χ4n) is 1.61. The van der Waals surface area contributed by atoms with Crippen LogP contribution in [0, 0.1) is 5.92 Å². The number of methoxy groups -OCH3 is 2. The van der Waals surface area contributed by atoms with Crippen LogP contribution in [0.5, 0.6) is 11.5 Å². The summed E-state index contributed by atoms with van der Waals surface area (Å²) in [5.74, 6) is 1.01. The van der Waals surface area contributed by atoms with Crippen LogP contribution in [0.1, 0.15) is 23.2 Å². The van der Waals surface area contributed by atoms with E-state index >= 15 is 0 Å². The van der Waals surface area contributed by atoms with Crippen LogP contribution >= 0.6 is 0 Å². The van der Waals surface area contributed by atoms with Crippen LogP contribution in [0.2, 0.25) is 0 Å². The van der Waals surface area contributed by atoms with Gasteiger partial charge in [-0.05, 0) is 24.8 Å². The van der Waals surface area contributed by atoms with E-state index in [-0.39, 0.29) is 11.3 Å². The van der Waals surface area contributed by atoms with Crippen molar-refractivity contribution in [2.75, 3.05) is 26.6 Å². The first-order valence-corrected chi connectivity index (χ1v) is 5.84. The van der Waals surface area contributed by atoms with Gasteiger partial charge in [-0.25, -0.2) is 4.79 Å². The zero-order valence-corrected chi connectivity index (χ0v) is 10.6. The summed E-state index contributed by atoms with van der Waals surface area (Å²) < 4.78 is 15.4. The molecule has 0 saturated heterocycles. The van der Waals surface area contributed by atoms with E-state index in [0.29, 0.717) is 24.0 Å². The fraction of sp³-hybridized carbons (Fsp3) is 0.462. The van der Waals surface area contributed by atoms with Crippen LogP contribution in [-0.2, 0) is 4.74 Å². The molecule has 98 valence electrons. The lowest BCUT2D eigenvalue weighted by atomic mass is 10.1. The summed E-state index contributed by atoms with van der Waals surface area (Å²) in [6, 6.07) is 3.19. The Morgan fingerprint density at radius 3 is 2.61 bits per heavy atom. The number of anilines is 1. The first-order chi connectivity index (χ1) is 8.65. The van der Waals surface area contributed by atoms with Crippen molar-refractivity contribution >= 4 is 11.7 Å². The van der Waals surface area contributed by atoms with Crippen molar-refractivity contribution in [1.29, 1.82) is 0 Å². The van der Waals surface area contributed by atoms with Gasteiger partial charge in [0.05, 0.1) is 32.1 Å². The maximum absolute atomic E-state index is 11.9. The van der Waals surface area contributed by atoms with E-state index in [2.05, 4.69) is 0 Å². The number of carbonyl (C=O) groups is 1. The van der Waals surface area contributed by atoms with Crippen molar-refractivity contribution in [3.63, 3.8) is 0 Å². The maximum atomic E-state index is 11.9. The zero-order chi connectivity index (χ0) is 13.1. The number of hydrogen-bond acceptors (Lipinski definition) is 5. The summed E-state index contributed by atoms with van der Waals surface area (Å²) in [5, 5.41) is 0. The predicted molar refractivity (Wildman–Crippen MR) is 67.0 cm³/mol. The summed E-state index contributed by atoms with van der Waals surface area (Å²) in [4.78, 5) is 11.9. The van der Waals surface area contributed by atoms with Gasteiger partial charge >= 0.3 is 5.97 Å². The maximum Gasteiger partial charge on any atom is 0.340 e. The molecule has 0 heterocycles. The summed E-state index contributed by atoms with van der Waals surface area (Å²) in [5.41, 5.74) is 6.42. The molecule has 0 amide bonds. The average Bonchev–Trinajstić information content (AvgIpc) is 3.20. The first-order valence-electron chi connectivity index (χ1n) is 5.84. The summed E-state index contributed by atoms with van der Waals surface area (Å²) in [6.45, 7) is 0.456. The van der Waals surface area contributed by atoms with Crippen LogP contribution in [0.4, 0.5) is 5.69 Å². The van der Waals surface area contributed by atoms with E-state index in [1.54, 1.807) is 12.1 Å². The van der Waals surface area contributed by atoms with Crippen LogP contribution in [0.15, 0.2) is 12.1 Å². The van der Waals surface area contributed by atoms with Gasteiger partial charge in [0.25, 0.3) is 0 Å². The standard InChI is InChI=1S/C13H17NO4/c1-16-9-5-10(12(14)11(6-9)17-2)13(15)18-7-8-3-4-8/h5-6,8H,3-4,7,14H2,1-2H3. The van der Waals surface area contributed by atoms with E-state index in [1.807, 2.05) is 0 Å². The highest BCUT2D eigenvalue weighted by atomic mass is 16.5. The van der Waals surface area contributed by atoms with Gasteiger partial charge in [0, 0.05) is 6.07 Å². The van der Waals surface area contributed by atoms with Gasteiger partial charge in [-0.3, -0.25) is 0 Å². The Bertz CT molecular complexity index is 455. The van der Waals surface area contributed by atoms with Gasteiger partial charge in [-0.15, -0.1) is 0 Å². The number of nitrogen functional groups attached to an aromatic ring is 1. The normalized spacial score (nSPS) is 14.1. The van der Waals surface area contributed by atoms with Gasteiger partial charge in [0.1, 0.15) is 11.5 Å². The van der Waals surface area contributed by atoms with Crippen molar-refractivity contribution in [3.05, 3.63) is 17.7 Å². The smallest absolute Gasteiger partial charge is 0.340 e. The molecule has 1 aromatic carbocycles. The van der Waals surface area contributed by atoms with Gasteiger partial charge in [-0.1, -0.05) is 0 Å². The Morgan fingerprint density at radius 1 is 1.33 bits per heavy atom. The lowest BCUT2D eigenvalue weighted by Crippen LogP contribution is -2.11. The third-order valence-corrected chi connectivity index (χ3v) is 2.94. The highest BCUT2D eigenvalue weighted by Crippen LogP contribution is 2.33. The van der Waals surface area contributed by atoms with Crippen LogP contribution in [0.25, 0.3) is 0 Å². The van der Waals surface area contributed by atoms with Crippen molar-refractivity contribution in [2.45, 2.75) is 12.8 Å². The average molecular weight is 251 g/mol. The fourth-order valence-corrected chi connectivity index (χ4v) is 1.61. The van der Waals surface area contributed by atoms with Gasteiger partial charge < -0.3 is 19.9 Å². The molecule has 1 fully saturated rings. The zero-order valence-electron chi connectivity index (χ0n) is 10.6. The highest BCUT2D eigenvalue weighted by molar-refractivity contribution is 5.97. The molecule has 1 aromatic rings. The molecule has 5 nitrogen and oxygen atoms in total. The summed E-state index contributed by atoms with van der Waals surface area (Å²) in [6.07, 6.45) is 2.26. The number of nitrogens with two attached hydrogens (primary N) is 1. The minimum atomic E-state index is -0.434. The van der Waals surface area contributed by atoms with E-state index in [1.165, 1.54) is 14.2 Å². The number of carbonyl (C=O) groups excluding carboxylic acids is 1. The van der Waals surface area contributed by atoms with Gasteiger partial charge in [-0.2, -0.15) is 0 Å². The Hall–Kier alpha value is -1.91. The van der Waals surface area contributed by atoms with Crippen molar-refractivity contribution < 1.29 is 19.0 Å². The van der Waals surface area contributed by atoms with Crippen LogP contribution in [0.3, 0.4) is 0 Å². The highest BCUT2D eigenvalue weighted by Gasteiger charge is 2.24. The lowest BCUT2D eigenvalue weighted by molar-refractivity contribution is 0.0486. The molecule has 1 aliphatic rings. The molecule has 2 N–H and O–H groups in total. The van der Waals surface area contributed by atoms with E-state index in [9.17, 15) is 4.79 Å². The molecule has 0 aliphatic heterocycles. The Kier molecular flexibility index (Phi) is 3.60. The van der Waals surface area contributed by atoms with E-state index in [0.717, 1.165) is 12.8 Å². The molecule has 0 radical (unpaired) electrons. The second-order valence-corrected chi connectivity index (χ2v) is 4.33. The Balaban J connectivity index is 2.20. The number of ether oxygens (including phenoxy) is 3. The van der Waals surface area contributed by atoms with Crippen LogP contribution in [-0.4, -0.2) is 26.8 Å². The lowest BCUT2D eigenvalue weighted by Gasteiger charge is -2.12. The number of benzene rings is 1. The van der Waals surface area contributed by atoms with Crippen molar-refractivity contribution in [3.8, 4) is 11.5 Å². The third-order valence-electron chi connectivity index (χ3n) is 2.94. The number of rotatable bonds is 5. The molecular weight excluding hydrogens is 234 g/mol. The first kappa shape index (κ1) is 12.5. The molecule has 5 heteroatoms. The minimum Gasteiger partial charge on any atom is -0.497 e. The monoisotopic (exact) mass is 251 g/mol. The summed E-state index contributed by atoms with van der Waals surface area (Å²) >= 11 is 0. The van der Waals surface area contributed by atoms with E-state index in [4.69, 9.17) is 19.9 Å². The minimum absolute atomic E-state index is 0.277. The molecule has 0 spiro atoms. The molecule has 18 heavy (non-hydrogen) atoms. The SMILES string of the molecule is COc1cc(OC)c(N)c(C(=O)OCC2CC2)c1. The van der Waals surface area contributed by atoms with E-state index < -0.39 is 5.97 Å². The largest absolute Gasteiger partial charge is 0.497 e. The molecule has 0 aromatic heterocycles. The molecule has 2 rings (SSSR count). The quantitative estimate of drug-likeness (QED) is 0.638. The van der Waals surface area contributed by atoms with Crippen molar-refractivity contribution in [2.24, 2.45) is 5.92 Å². The molecule has 0 atom stereocenters. The topological polar surface area (TPSA) is 70.8 Å². The molecule has 1 aliphatic carbocycles. The Labute approximate surface area is 106 Å². The second-order valence-electron chi connectivity index (χ2n) is 4.33. The van der Waals surface area contributed by atoms with Crippen LogP contribution < -0.4 is 15.2 Å². The molecule has 0 bridgehead atoms. The number of hydrogen-bond donors (Lipinski definition) is 1. The third kappa shape index (κ3) is 2.67. The van der Waals surface area contributed by atoms with Gasteiger partial charge in [0.2, 0.25) is 0 Å². The summed E-state index contributed by atoms with van der Waals surface area (Å²) in [7, 11) is 3.01. The molecule has 0 unspecified atom stereocenters. The van der Waals surface area contributed by atoms with Gasteiger partial charge in [0.15, 0.2) is 0 Å². The number of esters is 1. The van der Waals surface area contributed by atoms with Crippen molar-refractivity contribution in [1.82, 2.24) is 0 Å². The predicted octanol–water partition coefficient (Wildman–Crippen LogP) is 1.85. The molecule has 1 saturated carbocycles.